The number of carbonyl (C=O) groups is 1. The van der Waals surface area contributed by atoms with Crippen LogP contribution in [0.1, 0.15) is 51.9 Å². The van der Waals surface area contributed by atoms with Crippen LogP contribution in [0.3, 0.4) is 0 Å². The molecule has 18 heavy (non-hydrogen) atoms. The second kappa shape index (κ2) is 10.4. The average molecular weight is 449 g/mol. The lowest BCUT2D eigenvalue weighted by atomic mass is 10.1. The number of halogens is 3. The van der Waals surface area contributed by atoms with E-state index in [1.54, 1.807) is 6.92 Å². The Balaban J connectivity index is 3.22. The molecule has 106 valence electrons. The molecule has 0 aromatic heterocycles. The molecule has 0 aliphatic carbocycles. The van der Waals surface area contributed by atoms with E-state index in [2.05, 4.69) is 54.4 Å². The first kappa shape index (κ1) is 18.7. The summed E-state index contributed by atoms with van der Waals surface area (Å²) in [5.74, 6) is -0.279. The standard InChI is InChI=1S/C13H21Br3O2/c1-11(2)12(17)18-10-8-6-4-3-5-7-9-13(14,15)16/h1,3-10H2,2H3. The molecule has 0 saturated carbocycles. The number of carbonyl (C=O) groups excluding carboxylic acids is 1. The summed E-state index contributed by atoms with van der Waals surface area (Å²) in [7, 11) is 0. The van der Waals surface area contributed by atoms with Crippen LogP contribution in [-0.2, 0) is 9.53 Å². The van der Waals surface area contributed by atoms with Crippen LogP contribution in [0.5, 0.6) is 0 Å². The van der Waals surface area contributed by atoms with Gasteiger partial charge in [-0.3, -0.25) is 0 Å². The number of esters is 1. The number of alkyl halides is 3. The second-order valence-corrected chi connectivity index (χ2v) is 11.7. The summed E-state index contributed by atoms with van der Waals surface area (Å²) in [6.45, 7) is 5.72. The van der Waals surface area contributed by atoms with Gasteiger partial charge in [-0.25, -0.2) is 4.79 Å². The van der Waals surface area contributed by atoms with E-state index >= 15 is 0 Å². The topological polar surface area (TPSA) is 26.3 Å². The van der Waals surface area contributed by atoms with E-state index in [0.29, 0.717) is 12.2 Å². The molecule has 0 unspecified atom stereocenters. The van der Waals surface area contributed by atoms with E-state index in [1.165, 1.54) is 25.7 Å². The Morgan fingerprint density at radius 1 is 1.06 bits per heavy atom. The Kier molecular flexibility index (Phi) is 10.8. The lowest BCUT2D eigenvalue weighted by Gasteiger charge is -2.10. The normalized spacial score (nSPS) is 11.3. The summed E-state index contributed by atoms with van der Waals surface area (Å²) < 4.78 is 4.93. The monoisotopic (exact) mass is 446 g/mol. The van der Waals surface area contributed by atoms with Gasteiger partial charge in [-0.1, -0.05) is 86.5 Å². The fourth-order valence-electron chi connectivity index (χ4n) is 1.42. The molecular weight excluding hydrogens is 428 g/mol. The SMILES string of the molecule is C=C(C)C(=O)OCCCCCCCCC(Br)(Br)Br. The molecule has 0 aromatic carbocycles. The number of rotatable bonds is 9. The average Bonchev–Trinajstić information content (AvgIpc) is 2.24. The maximum atomic E-state index is 11.1. The summed E-state index contributed by atoms with van der Waals surface area (Å²) >= 11 is 10.5. The molecule has 2 nitrogen and oxygen atoms in total. The molecule has 0 bridgehead atoms. The van der Waals surface area contributed by atoms with Gasteiger partial charge in [0.15, 0.2) is 0 Å². The lowest BCUT2D eigenvalue weighted by molar-refractivity contribution is -0.139. The zero-order valence-corrected chi connectivity index (χ0v) is 15.6. The largest absolute Gasteiger partial charge is 0.462 e. The summed E-state index contributed by atoms with van der Waals surface area (Å²) in [6, 6.07) is 0. The van der Waals surface area contributed by atoms with E-state index < -0.39 is 0 Å². The fraction of sp³-hybridized carbons (Fsp3) is 0.769. The van der Waals surface area contributed by atoms with Gasteiger partial charge in [0.1, 0.15) is 2.14 Å². The summed E-state index contributed by atoms with van der Waals surface area (Å²) in [5.41, 5.74) is 0.470. The minimum absolute atomic E-state index is 0.0935. The molecule has 0 radical (unpaired) electrons. The zero-order chi connectivity index (χ0) is 14.0. The Bertz CT molecular complexity index is 259. The second-order valence-electron chi connectivity index (χ2n) is 4.40. The van der Waals surface area contributed by atoms with Gasteiger partial charge in [-0.2, -0.15) is 0 Å². The van der Waals surface area contributed by atoms with Gasteiger partial charge in [-0.05, 0) is 19.8 Å². The quantitative estimate of drug-likeness (QED) is 0.196. The van der Waals surface area contributed by atoms with Gasteiger partial charge in [0.25, 0.3) is 0 Å². The van der Waals surface area contributed by atoms with E-state index in [0.717, 1.165) is 19.3 Å². The van der Waals surface area contributed by atoms with Crippen LogP contribution in [0, 0.1) is 0 Å². The van der Waals surface area contributed by atoms with Crippen molar-refractivity contribution in [2.45, 2.75) is 54.0 Å². The fourth-order valence-corrected chi connectivity index (χ4v) is 2.26. The lowest BCUT2D eigenvalue weighted by Crippen LogP contribution is -2.06. The Labute approximate surface area is 135 Å². The molecule has 0 aliphatic heterocycles. The smallest absolute Gasteiger partial charge is 0.333 e. The highest BCUT2D eigenvalue weighted by molar-refractivity contribution is 9.39. The molecule has 0 fully saturated rings. The van der Waals surface area contributed by atoms with Crippen LogP contribution in [0.25, 0.3) is 0 Å². The van der Waals surface area contributed by atoms with Crippen molar-refractivity contribution in [1.82, 2.24) is 0 Å². The molecule has 0 aliphatic rings. The molecule has 0 aromatic rings. The molecule has 0 heterocycles. The third-order valence-electron chi connectivity index (χ3n) is 2.44. The number of hydrogen-bond acceptors (Lipinski definition) is 2. The minimum Gasteiger partial charge on any atom is -0.462 e. The van der Waals surface area contributed by atoms with Crippen LogP contribution >= 0.6 is 47.8 Å². The predicted octanol–water partition coefficient (Wildman–Crippen LogP) is 5.67. The van der Waals surface area contributed by atoms with Crippen molar-refractivity contribution in [3.05, 3.63) is 12.2 Å². The van der Waals surface area contributed by atoms with E-state index in [4.69, 9.17) is 4.74 Å². The first-order valence-corrected chi connectivity index (χ1v) is 8.60. The van der Waals surface area contributed by atoms with Crippen molar-refractivity contribution in [2.24, 2.45) is 0 Å². The van der Waals surface area contributed by atoms with Crippen molar-refractivity contribution in [3.63, 3.8) is 0 Å². The summed E-state index contributed by atoms with van der Waals surface area (Å²) in [4.78, 5) is 11.1. The van der Waals surface area contributed by atoms with Crippen LogP contribution in [0.15, 0.2) is 12.2 Å². The third kappa shape index (κ3) is 13.1. The molecule has 0 atom stereocenters. The molecule has 0 amide bonds. The van der Waals surface area contributed by atoms with Crippen LogP contribution in [0.4, 0.5) is 0 Å². The molecular formula is C13H21Br3O2. The van der Waals surface area contributed by atoms with Crippen molar-refractivity contribution in [1.29, 1.82) is 0 Å². The van der Waals surface area contributed by atoms with Crippen molar-refractivity contribution < 1.29 is 9.53 Å². The van der Waals surface area contributed by atoms with Crippen LogP contribution in [0.2, 0.25) is 0 Å². The Morgan fingerprint density at radius 2 is 1.56 bits per heavy atom. The third-order valence-corrected chi connectivity index (χ3v) is 3.63. The van der Waals surface area contributed by atoms with E-state index in [-0.39, 0.29) is 8.11 Å². The van der Waals surface area contributed by atoms with Gasteiger partial charge in [0.05, 0.1) is 6.61 Å². The number of ether oxygens (including phenoxy) is 1. The maximum absolute atomic E-state index is 11.1. The first-order chi connectivity index (χ1) is 8.33. The molecule has 0 spiro atoms. The highest BCUT2D eigenvalue weighted by Gasteiger charge is 2.15. The van der Waals surface area contributed by atoms with E-state index in [1.807, 2.05) is 0 Å². The Hall–Kier alpha value is 0.650. The van der Waals surface area contributed by atoms with Gasteiger partial charge in [0, 0.05) is 5.57 Å². The van der Waals surface area contributed by atoms with Crippen LogP contribution in [-0.4, -0.2) is 14.7 Å². The van der Waals surface area contributed by atoms with Crippen molar-refractivity contribution in [2.75, 3.05) is 6.61 Å². The van der Waals surface area contributed by atoms with Gasteiger partial charge < -0.3 is 4.74 Å². The Morgan fingerprint density at radius 3 is 2.06 bits per heavy atom. The highest BCUT2D eigenvalue weighted by Crippen LogP contribution is 2.38. The molecule has 5 heteroatoms. The zero-order valence-electron chi connectivity index (χ0n) is 10.8. The summed E-state index contributed by atoms with van der Waals surface area (Å²) in [6.07, 6.45) is 7.97. The van der Waals surface area contributed by atoms with E-state index in [9.17, 15) is 4.79 Å². The van der Waals surface area contributed by atoms with Crippen LogP contribution < -0.4 is 0 Å². The molecule has 0 N–H and O–H groups in total. The van der Waals surface area contributed by atoms with Gasteiger partial charge in [-0.15, -0.1) is 0 Å². The number of unbranched alkanes of at least 4 members (excludes halogenated alkanes) is 5. The van der Waals surface area contributed by atoms with Crippen molar-refractivity contribution in [3.8, 4) is 0 Å². The predicted molar refractivity (Wildman–Crippen MR) is 87.6 cm³/mol. The van der Waals surface area contributed by atoms with Gasteiger partial charge in [0.2, 0.25) is 0 Å². The minimum atomic E-state index is -0.279. The maximum Gasteiger partial charge on any atom is 0.333 e. The van der Waals surface area contributed by atoms with Gasteiger partial charge >= 0.3 is 5.97 Å². The molecule has 0 saturated heterocycles. The molecule has 0 rings (SSSR count). The highest BCUT2D eigenvalue weighted by atomic mass is 80.0. The first-order valence-electron chi connectivity index (χ1n) is 6.22. The summed E-state index contributed by atoms with van der Waals surface area (Å²) in [5, 5.41) is 0. The number of hydrogen-bond donors (Lipinski definition) is 0. The van der Waals surface area contributed by atoms with Crippen molar-refractivity contribution >= 4 is 53.8 Å².